The fourth-order valence-corrected chi connectivity index (χ4v) is 2.63. The first-order chi connectivity index (χ1) is 6.68. The van der Waals surface area contributed by atoms with Gasteiger partial charge in [-0.3, -0.25) is 4.79 Å². The molecule has 0 aromatic heterocycles. The van der Waals surface area contributed by atoms with Crippen molar-refractivity contribution in [1.29, 1.82) is 0 Å². The van der Waals surface area contributed by atoms with Crippen molar-refractivity contribution in [2.45, 2.75) is 25.7 Å². The molecule has 0 radical (unpaired) electrons. The molecule has 1 aliphatic carbocycles. The van der Waals surface area contributed by atoms with Crippen LogP contribution in [-0.4, -0.2) is 36.1 Å². The van der Waals surface area contributed by atoms with Gasteiger partial charge in [-0.2, -0.15) is 0 Å². The molecule has 2 fully saturated rings. The molecule has 2 rings (SSSR count). The molecule has 3 heteroatoms. The van der Waals surface area contributed by atoms with Crippen molar-refractivity contribution in [2.24, 2.45) is 17.8 Å². The summed E-state index contributed by atoms with van der Waals surface area (Å²) in [6, 6.07) is 0. The van der Waals surface area contributed by atoms with Gasteiger partial charge in [-0.05, 0) is 57.7 Å². The van der Waals surface area contributed by atoms with Crippen molar-refractivity contribution in [3.63, 3.8) is 0 Å². The summed E-state index contributed by atoms with van der Waals surface area (Å²) in [7, 11) is 2.11. The highest BCUT2D eigenvalue weighted by Crippen LogP contribution is 2.43. The number of hydrogen-bond donors (Lipinski definition) is 1. The quantitative estimate of drug-likeness (QED) is 0.744. The van der Waals surface area contributed by atoms with E-state index in [1.165, 1.54) is 0 Å². The Hall–Kier alpha value is -0.570. The van der Waals surface area contributed by atoms with Gasteiger partial charge >= 0.3 is 5.97 Å². The molecule has 1 atom stereocenters. The van der Waals surface area contributed by atoms with Crippen LogP contribution >= 0.6 is 0 Å². The molecule has 1 N–H and O–H groups in total. The van der Waals surface area contributed by atoms with Crippen molar-refractivity contribution in [3.8, 4) is 0 Å². The molecule has 1 saturated heterocycles. The monoisotopic (exact) mass is 197 g/mol. The van der Waals surface area contributed by atoms with Crippen LogP contribution in [-0.2, 0) is 4.79 Å². The van der Waals surface area contributed by atoms with Crippen molar-refractivity contribution in [2.75, 3.05) is 20.1 Å². The van der Waals surface area contributed by atoms with Crippen LogP contribution in [0.5, 0.6) is 0 Å². The Morgan fingerprint density at radius 1 is 1.21 bits per heavy atom. The smallest absolute Gasteiger partial charge is 0.307 e. The number of hydrogen-bond acceptors (Lipinski definition) is 2. The summed E-state index contributed by atoms with van der Waals surface area (Å²) in [5.41, 5.74) is 0. The molecule has 80 valence electrons. The predicted octanol–water partition coefficient (Wildman–Crippen LogP) is 1.44. The van der Waals surface area contributed by atoms with E-state index in [1.807, 2.05) is 0 Å². The lowest BCUT2D eigenvalue weighted by atomic mass is 9.81. The van der Waals surface area contributed by atoms with Crippen LogP contribution in [0.2, 0.25) is 0 Å². The van der Waals surface area contributed by atoms with Crippen LogP contribution in [0.1, 0.15) is 25.7 Å². The second kappa shape index (κ2) is 3.89. The normalized spacial score (nSPS) is 27.5. The van der Waals surface area contributed by atoms with E-state index in [0.29, 0.717) is 11.8 Å². The average molecular weight is 197 g/mol. The third kappa shape index (κ3) is 2.08. The van der Waals surface area contributed by atoms with Crippen molar-refractivity contribution < 1.29 is 9.90 Å². The second-order valence-corrected chi connectivity index (χ2v) is 4.84. The summed E-state index contributed by atoms with van der Waals surface area (Å²) >= 11 is 0. The van der Waals surface area contributed by atoms with E-state index in [0.717, 1.165) is 38.8 Å². The molecule has 1 aliphatic heterocycles. The highest BCUT2D eigenvalue weighted by molar-refractivity contribution is 5.71. The van der Waals surface area contributed by atoms with Crippen LogP contribution in [0.25, 0.3) is 0 Å². The molecule has 1 unspecified atom stereocenters. The van der Waals surface area contributed by atoms with E-state index >= 15 is 0 Å². The second-order valence-electron chi connectivity index (χ2n) is 4.84. The van der Waals surface area contributed by atoms with Crippen LogP contribution in [0.4, 0.5) is 0 Å². The van der Waals surface area contributed by atoms with Gasteiger partial charge in [0.05, 0.1) is 5.92 Å². The lowest BCUT2D eigenvalue weighted by molar-refractivity contribution is -0.145. The molecule has 14 heavy (non-hydrogen) atoms. The Kier molecular flexibility index (Phi) is 2.77. The highest BCUT2D eigenvalue weighted by atomic mass is 16.4. The van der Waals surface area contributed by atoms with Crippen LogP contribution < -0.4 is 0 Å². The molecule has 0 aromatic rings. The number of carboxylic acids is 1. The molecular formula is C11H19NO2. The van der Waals surface area contributed by atoms with Gasteiger partial charge in [0, 0.05) is 0 Å². The lowest BCUT2D eigenvalue weighted by Crippen LogP contribution is -2.36. The van der Waals surface area contributed by atoms with Crippen LogP contribution in [0.15, 0.2) is 0 Å². The van der Waals surface area contributed by atoms with Gasteiger partial charge in [0.2, 0.25) is 0 Å². The number of carboxylic acid groups (broad SMARTS) is 1. The highest BCUT2D eigenvalue weighted by Gasteiger charge is 2.41. The molecule has 1 heterocycles. The van der Waals surface area contributed by atoms with E-state index in [1.54, 1.807) is 0 Å². The van der Waals surface area contributed by atoms with Gasteiger partial charge in [-0.25, -0.2) is 0 Å². The predicted molar refractivity (Wildman–Crippen MR) is 54.1 cm³/mol. The Morgan fingerprint density at radius 3 is 2.14 bits per heavy atom. The van der Waals surface area contributed by atoms with Crippen molar-refractivity contribution in [3.05, 3.63) is 0 Å². The fourth-order valence-electron chi connectivity index (χ4n) is 2.63. The number of piperidine rings is 1. The summed E-state index contributed by atoms with van der Waals surface area (Å²) in [6.45, 7) is 2.14. The zero-order valence-corrected chi connectivity index (χ0v) is 8.78. The van der Waals surface area contributed by atoms with E-state index in [2.05, 4.69) is 11.9 Å². The Bertz CT molecular complexity index is 217. The van der Waals surface area contributed by atoms with Gasteiger partial charge in [-0.1, -0.05) is 0 Å². The molecule has 2 aliphatic rings. The van der Waals surface area contributed by atoms with E-state index in [4.69, 9.17) is 0 Å². The summed E-state index contributed by atoms with van der Waals surface area (Å²) < 4.78 is 0. The minimum Gasteiger partial charge on any atom is -0.481 e. The topological polar surface area (TPSA) is 40.5 Å². The van der Waals surface area contributed by atoms with Gasteiger partial charge in [-0.15, -0.1) is 0 Å². The molecular weight excluding hydrogens is 178 g/mol. The number of aliphatic carboxylic acids is 1. The molecule has 0 spiro atoms. The van der Waals surface area contributed by atoms with Crippen LogP contribution in [0, 0.1) is 17.8 Å². The maximum atomic E-state index is 11.1. The Labute approximate surface area is 85.1 Å². The van der Waals surface area contributed by atoms with Gasteiger partial charge in [0.1, 0.15) is 0 Å². The van der Waals surface area contributed by atoms with E-state index in [-0.39, 0.29) is 5.92 Å². The van der Waals surface area contributed by atoms with Gasteiger partial charge in [0.25, 0.3) is 0 Å². The largest absolute Gasteiger partial charge is 0.481 e. The third-order valence-corrected chi connectivity index (χ3v) is 3.69. The van der Waals surface area contributed by atoms with Crippen molar-refractivity contribution in [1.82, 2.24) is 4.90 Å². The summed E-state index contributed by atoms with van der Waals surface area (Å²) in [5, 5.41) is 9.19. The molecule has 0 bridgehead atoms. The summed E-state index contributed by atoms with van der Waals surface area (Å²) in [4.78, 5) is 13.4. The number of likely N-dealkylation sites (tertiary alicyclic amines) is 1. The minimum absolute atomic E-state index is 0.0382. The Morgan fingerprint density at radius 2 is 1.71 bits per heavy atom. The molecule has 1 saturated carbocycles. The first kappa shape index (κ1) is 9.97. The molecule has 0 amide bonds. The Balaban J connectivity index is 1.94. The molecule has 0 aromatic carbocycles. The summed E-state index contributed by atoms with van der Waals surface area (Å²) in [6.07, 6.45) is 4.43. The van der Waals surface area contributed by atoms with Gasteiger partial charge in [0.15, 0.2) is 0 Å². The standard InChI is InChI=1S/C11H19NO2/c1-12-6-4-9(5-7-12)10(11(13)14)8-2-3-8/h8-10H,2-7H2,1H3,(H,13,14). The van der Waals surface area contributed by atoms with E-state index in [9.17, 15) is 9.90 Å². The number of carbonyl (C=O) groups is 1. The van der Waals surface area contributed by atoms with E-state index < -0.39 is 5.97 Å². The third-order valence-electron chi connectivity index (χ3n) is 3.69. The SMILES string of the molecule is CN1CCC(C(C(=O)O)C2CC2)CC1. The average Bonchev–Trinajstić information content (AvgIpc) is 2.92. The van der Waals surface area contributed by atoms with Crippen molar-refractivity contribution >= 4 is 5.97 Å². The maximum absolute atomic E-state index is 11.1. The first-order valence-corrected chi connectivity index (χ1v) is 5.60. The van der Waals surface area contributed by atoms with Gasteiger partial charge < -0.3 is 10.0 Å². The zero-order chi connectivity index (χ0) is 10.1. The number of rotatable bonds is 3. The minimum atomic E-state index is -0.554. The first-order valence-electron chi connectivity index (χ1n) is 5.60. The summed E-state index contributed by atoms with van der Waals surface area (Å²) in [5.74, 6) is 0.350. The number of nitrogens with zero attached hydrogens (tertiary/aromatic N) is 1. The maximum Gasteiger partial charge on any atom is 0.307 e. The lowest BCUT2D eigenvalue weighted by Gasteiger charge is -2.32. The zero-order valence-electron chi connectivity index (χ0n) is 8.78. The van der Waals surface area contributed by atoms with Crippen LogP contribution in [0.3, 0.4) is 0 Å². The molecule has 3 nitrogen and oxygen atoms in total. The fraction of sp³-hybridized carbons (Fsp3) is 0.909.